The molecule has 0 saturated carbocycles. The predicted molar refractivity (Wildman–Crippen MR) is 381 cm³/mol. The smallest absolute Gasteiger partial charge is 0.297 e. The van der Waals surface area contributed by atoms with E-state index in [1.54, 1.807) is 24.3 Å². The van der Waals surface area contributed by atoms with Gasteiger partial charge in [-0.05, 0) is 72.5 Å². The molecule has 0 unspecified atom stereocenters. The second kappa shape index (κ2) is 44.0. The number of rotatable bonds is 52. The maximum atomic E-state index is 13.6. The summed E-state index contributed by atoms with van der Waals surface area (Å²) >= 11 is 0. The largest absolute Gasteiger partial charge is 0.354 e. The van der Waals surface area contributed by atoms with E-state index in [0.29, 0.717) is 36.4 Å². The van der Waals surface area contributed by atoms with Crippen molar-refractivity contribution in [1.82, 2.24) is 29.9 Å². The van der Waals surface area contributed by atoms with E-state index in [0.717, 1.165) is 51.3 Å². The zero-order valence-electron chi connectivity index (χ0n) is 55.8. The SMILES string of the molecule is CCCCCCCCCCCCCCCCCCCCCCNc1nc(Nc2ccccc2)nc(Nc2ccc(C=Cc3ccc(Nc4nc(NCCCCCCCCCCCCCCCC)nc(Nc5ccccc5)n4)cc3S(=O)(=O)OC)c(S(=O)(=O)OC)c2)n1. The number of benzene rings is 4. The summed E-state index contributed by atoms with van der Waals surface area (Å²) in [6.07, 6.45) is 47.3. The third kappa shape index (κ3) is 29.5. The van der Waals surface area contributed by atoms with Crippen LogP contribution in [0, 0.1) is 0 Å². The zero-order valence-corrected chi connectivity index (χ0v) is 57.4. The minimum absolute atomic E-state index is 0.170. The topological polar surface area (TPSA) is 236 Å². The first-order valence-electron chi connectivity index (χ1n) is 34.7. The van der Waals surface area contributed by atoms with Gasteiger partial charge >= 0.3 is 0 Å². The van der Waals surface area contributed by atoms with Crippen molar-refractivity contribution in [1.29, 1.82) is 0 Å². The molecular weight excluding hydrogens is 1190 g/mol. The Labute approximate surface area is 552 Å². The fraction of sp³-hybridized carbons (Fsp3) is 0.556. The number of hydrogen-bond donors (Lipinski definition) is 6. The van der Waals surface area contributed by atoms with Crippen molar-refractivity contribution >= 4 is 90.8 Å². The maximum absolute atomic E-state index is 13.6. The van der Waals surface area contributed by atoms with Gasteiger partial charge in [-0.3, -0.25) is 8.37 Å². The lowest BCUT2D eigenvalue weighted by atomic mass is 10.0. The molecule has 6 rings (SSSR count). The summed E-state index contributed by atoms with van der Waals surface area (Å²) in [4.78, 5) is 27.5. The van der Waals surface area contributed by atoms with Crippen molar-refractivity contribution in [2.45, 2.75) is 242 Å². The highest BCUT2D eigenvalue weighted by atomic mass is 32.2. The van der Waals surface area contributed by atoms with Crippen LogP contribution < -0.4 is 31.9 Å². The van der Waals surface area contributed by atoms with E-state index in [1.807, 2.05) is 60.7 Å². The monoisotopic (exact) mass is 1300 g/mol. The van der Waals surface area contributed by atoms with Crippen LogP contribution in [0.1, 0.15) is 243 Å². The number of nitrogens with zero attached hydrogens (tertiary/aromatic N) is 6. The molecule has 0 fully saturated rings. The Hall–Kier alpha value is -6.74. The van der Waals surface area contributed by atoms with E-state index >= 15 is 0 Å². The molecule has 6 aromatic rings. The lowest BCUT2D eigenvalue weighted by Crippen LogP contribution is -2.11. The van der Waals surface area contributed by atoms with Gasteiger partial charge in [0, 0.05) is 35.8 Å². The van der Waals surface area contributed by atoms with Crippen molar-refractivity contribution in [2.75, 3.05) is 59.2 Å². The average Bonchev–Trinajstić information content (AvgIpc) is 0.941. The summed E-state index contributed by atoms with van der Waals surface area (Å²) in [5, 5.41) is 19.6. The van der Waals surface area contributed by atoms with E-state index in [-0.39, 0.29) is 44.7 Å². The summed E-state index contributed by atoms with van der Waals surface area (Å²) < 4.78 is 64.6. The van der Waals surface area contributed by atoms with E-state index in [1.165, 1.54) is 217 Å². The second-order valence-corrected chi connectivity index (χ2v) is 27.5. The third-order valence-corrected chi connectivity index (χ3v) is 19.1. The van der Waals surface area contributed by atoms with Crippen molar-refractivity contribution in [3.8, 4) is 0 Å². The molecule has 20 heteroatoms. The molecule has 0 amide bonds. The van der Waals surface area contributed by atoms with Crippen LogP contribution >= 0.6 is 0 Å². The van der Waals surface area contributed by atoms with E-state index in [2.05, 4.69) is 75.7 Å². The Kier molecular flexibility index (Phi) is 35.5. The third-order valence-electron chi connectivity index (χ3n) is 16.4. The van der Waals surface area contributed by atoms with Gasteiger partial charge in [0.15, 0.2) is 0 Å². The zero-order chi connectivity index (χ0) is 65.2. The first-order valence-corrected chi connectivity index (χ1v) is 37.6. The fourth-order valence-corrected chi connectivity index (χ4v) is 12.8. The number of anilines is 10. The molecule has 0 bridgehead atoms. The Bertz CT molecular complexity index is 3250. The second-order valence-electron chi connectivity index (χ2n) is 24.1. The van der Waals surface area contributed by atoms with Crippen molar-refractivity contribution in [3.63, 3.8) is 0 Å². The fourth-order valence-electron chi connectivity index (χ4n) is 11.1. The molecule has 2 heterocycles. The highest BCUT2D eigenvalue weighted by Gasteiger charge is 2.22. The molecule has 0 saturated heterocycles. The number of hydrogen-bond acceptors (Lipinski definition) is 18. The molecule has 4 aromatic carbocycles. The minimum atomic E-state index is -4.32. The van der Waals surface area contributed by atoms with Gasteiger partial charge in [0.1, 0.15) is 9.79 Å². The molecule has 92 heavy (non-hydrogen) atoms. The number of para-hydroxylation sites is 2. The molecule has 18 nitrogen and oxygen atoms in total. The van der Waals surface area contributed by atoms with E-state index < -0.39 is 20.2 Å². The predicted octanol–water partition coefficient (Wildman–Crippen LogP) is 20.0. The Morgan fingerprint density at radius 2 is 0.565 bits per heavy atom. The summed E-state index contributed by atoms with van der Waals surface area (Å²) in [6.45, 7) is 5.88. The Morgan fingerprint density at radius 1 is 0.315 bits per heavy atom. The first kappa shape index (κ1) is 74.3. The Morgan fingerprint density at radius 3 is 0.837 bits per heavy atom. The van der Waals surface area contributed by atoms with Gasteiger partial charge in [-0.1, -0.05) is 280 Å². The molecule has 0 atom stereocenters. The molecule has 2 aromatic heterocycles. The van der Waals surface area contributed by atoms with Gasteiger partial charge < -0.3 is 31.9 Å². The standard InChI is InChI=1S/C72H108N12O6S2/c1-5-7-9-11-13-15-17-19-21-22-23-24-25-26-28-30-32-34-36-44-56-74-68-80-70(76-62-47-41-38-42-48-62)84-72(82-68)78-64-54-52-60(66(58-64)92(87,88)90-4)50-49-59-51-53-63(57-65(59)91(85,86)89-3)77-71-81-67(79-69(83-71)75-61-45-39-37-40-46-61)73-55-43-35-33-31-29-27-20-18-16-14-12-10-8-6-2/h37-42,45-54,57-58H,5-36,43-44,55-56H2,1-4H3,(H3,73,75,77,79,81,83)(H3,74,76,78,80,82,84). The van der Waals surface area contributed by atoms with Crippen LogP contribution in [0.4, 0.5) is 58.4 Å². The number of unbranched alkanes of at least 4 members (excludes halogenated alkanes) is 32. The van der Waals surface area contributed by atoms with Crippen LogP contribution in [0.25, 0.3) is 12.2 Å². The van der Waals surface area contributed by atoms with Gasteiger partial charge in [-0.25, -0.2) is 0 Å². The lowest BCUT2D eigenvalue weighted by Gasteiger charge is -2.14. The van der Waals surface area contributed by atoms with Gasteiger partial charge in [-0.2, -0.15) is 46.7 Å². The number of nitrogens with one attached hydrogen (secondary N) is 6. The molecular formula is C72H108N12O6S2. The average molecular weight is 1300 g/mol. The summed E-state index contributed by atoms with van der Waals surface area (Å²) in [7, 11) is -6.49. The normalized spacial score (nSPS) is 11.7. The van der Waals surface area contributed by atoms with Crippen LogP contribution in [0.15, 0.2) is 107 Å². The number of aromatic nitrogens is 6. The molecule has 504 valence electrons. The molecule has 6 N–H and O–H groups in total. The first-order chi connectivity index (χ1) is 45.0. The summed E-state index contributed by atoms with van der Waals surface area (Å²) in [5.41, 5.74) is 2.69. The van der Waals surface area contributed by atoms with Crippen LogP contribution in [0.3, 0.4) is 0 Å². The summed E-state index contributed by atoms with van der Waals surface area (Å²) in [6, 6.07) is 28.4. The van der Waals surface area contributed by atoms with E-state index in [9.17, 15) is 16.8 Å². The molecule has 0 aliphatic rings. The van der Waals surface area contributed by atoms with Crippen molar-refractivity contribution in [2.24, 2.45) is 0 Å². The van der Waals surface area contributed by atoms with Gasteiger partial charge in [-0.15, -0.1) is 0 Å². The maximum Gasteiger partial charge on any atom is 0.297 e. The molecule has 0 aliphatic heterocycles. The Balaban J connectivity index is 1.05. The lowest BCUT2D eigenvalue weighted by molar-refractivity contribution is 0.396. The van der Waals surface area contributed by atoms with Crippen LogP contribution in [-0.2, 0) is 28.6 Å². The summed E-state index contributed by atoms with van der Waals surface area (Å²) in [5.74, 6) is 1.63. The van der Waals surface area contributed by atoms with E-state index in [4.69, 9.17) is 8.37 Å². The quantitative estimate of drug-likeness (QED) is 0.0118. The molecule has 0 radical (unpaired) electrons. The van der Waals surface area contributed by atoms with Crippen molar-refractivity contribution in [3.05, 3.63) is 108 Å². The van der Waals surface area contributed by atoms with Gasteiger partial charge in [0.2, 0.25) is 35.7 Å². The highest BCUT2D eigenvalue weighted by molar-refractivity contribution is 7.87. The molecule has 0 aliphatic carbocycles. The van der Waals surface area contributed by atoms with Gasteiger partial charge in [0.05, 0.1) is 14.2 Å². The van der Waals surface area contributed by atoms with Crippen LogP contribution in [0.5, 0.6) is 0 Å². The highest BCUT2D eigenvalue weighted by Crippen LogP contribution is 2.31. The van der Waals surface area contributed by atoms with Crippen LogP contribution in [-0.4, -0.2) is 74.0 Å². The minimum Gasteiger partial charge on any atom is -0.354 e. The van der Waals surface area contributed by atoms with Crippen LogP contribution in [0.2, 0.25) is 0 Å². The molecule has 0 spiro atoms. The van der Waals surface area contributed by atoms with Crippen molar-refractivity contribution < 1.29 is 25.2 Å². The van der Waals surface area contributed by atoms with Gasteiger partial charge in [0.25, 0.3) is 20.2 Å².